The van der Waals surface area contributed by atoms with Crippen LogP contribution in [0.5, 0.6) is 5.75 Å². The maximum absolute atomic E-state index is 12.9. The van der Waals surface area contributed by atoms with Crippen molar-refractivity contribution in [3.63, 3.8) is 0 Å². The van der Waals surface area contributed by atoms with E-state index >= 15 is 0 Å². The quantitative estimate of drug-likeness (QED) is 0.443. The highest BCUT2D eigenvalue weighted by molar-refractivity contribution is 6.10. The van der Waals surface area contributed by atoms with Gasteiger partial charge in [-0.15, -0.1) is 0 Å². The Bertz CT molecular complexity index is 1080. The van der Waals surface area contributed by atoms with Crippen LogP contribution in [-0.2, 0) is 14.3 Å². The van der Waals surface area contributed by atoms with E-state index in [0.717, 1.165) is 54.6 Å². The maximum atomic E-state index is 12.9. The highest BCUT2D eigenvalue weighted by Gasteiger charge is 2.45. The zero-order valence-corrected chi connectivity index (χ0v) is 21.4. The van der Waals surface area contributed by atoms with Crippen LogP contribution >= 0.6 is 0 Å². The highest BCUT2D eigenvalue weighted by atomic mass is 16.5. The molecule has 2 amide bonds. The van der Waals surface area contributed by atoms with Crippen molar-refractivity contribution in [2.24, 2.45) is 5.41 Å². The Balaban J connectivity index is 1.35. The molecule has 1 heterocycles. The van der Waals surface area contributed by atoms with Crippen molar-refractivity contribution in [3.05, 3.63) is 54.1 Å². The number of morpholine rings is 1. The van der Waals surface area contributed by atoms with Gasteiger partial charge in [-0.05, 0) is 48.2 Å². The molecule has 0 aromatic heterocycles. The van der Waals surface area contributed by atoms with Crippen LogP contribution in [0.2, 0.25) is 0 Å². The van der Waals surface area contributed by atoms with Gasteiger partial charge in [-0.1, -0.05) is 24.3 Å². The third kappa shape index (κ3) is 6.54. The van der Waals surface area contributed by atoms with E-state index in [2.05, 4.69) is 10.2 Å². The number of hydrogen-bond acceptors (Lipinski definition) is 7. The van der Waals surface area contributed by atoms with Crippen LogP contribution < -0.4 is 10.1 Å². The van der Waals surface area contributed by atoms with Crippen molar-refractivity contribution in [2.75, 3.05) is 60.2 Å². The van der Waals surface area contributed by atoms with Crippen LogP contribution in [0.25, 0.3) is 11.1 Å². The molecule has 9 heteroatoms. The van der Waals surface area contributed by atoms with Crippen LogP contribution in [0, 0.1) is 5.41 Å². The number of hydrogen-bond donors (Lipinski definition) is 2. The second-order valence-electron chi connectivity index (χ2n) is 9.84. The van der Waals surface area contributed by atoms with Gasteiger partial charge in [-0.3, -0.25) is 19.3 Å². The lowest BCUT2D eigenvalue weighted by Crippen LogP contribution is -2.52. The van der Waals surface area contributed by atoms with Crippen molar-refractivity contribution < 1.29 is 29.0 Å². The van der Waals surface area contributed by atoms with E-state index in [0.29, 0.717) is 12.2 Å². The Morgan fingerprint density at radius 3 is 2.19 bits per heavy atom. The summed E-state index contributed by atoms with van der Waals surface area (Å²) in [5.41, 5.74) is 2.49. The largest absolute Gasteiger partial charge is 0.493 e. The Morgan fingerprint density at radius 1 is 1.05 bits per heavy atom. The molecule has 2 aliphatic rings. The minimum Gasteiger partial charge on any atom is -0.493 e. The number of ether oxygens (including phenoxy) is 2. The van der Waals surface area contributed by atoms with Crippen molar-refractivity contribution >= 4 is 17.6 Å². The molecule has 1 unspecified atom stereocenters. The Hall–Kier alpha value is -3.27. The Labute approximate surface area is 217 Å². The lowest BCUT2D eigenvalue weighted by Gasteiger charge is -2.30. The van der Waals surface area contributed by atoms with Gasteiger partial charge < -0.3 is 24.8 Å². The third-order valence-corrected chi connectivity index (χ3v) is 7.15. The molecule has 2 aromatic rings. The van der Waals surface area contributed by atoms with Gasteiger partial charge in [0.15, 0.2) is 11.8 Å². The molecule has 0 radical (unpaired) electrons. The number of aliphatic hydroxyl groups is 1. The summed E-state index contributed by atoms with van der Waals surface area (Å²) in [4.78, 5) is 40.5. The van der Waals surface area contributed by atoms with Gasteiger partial charge in [0.2, 0.25) is 5.91 Å². The summed E-state index contributed by atoms with van der Waals surface area (Å²) in [7, 11) is 2.74. The van der Waals surface area contributed by atoms with Gasteiger partial charge in [0, 0.05) is 44.7 Å². The zero-order chi connectivity index (χ0) is 26.4. The zero-order valence-electron chi connectivity index (χ0n) is 21.4. The van der Waals surface area contributed by atoms with E-state index in [1.54, 1.807) is 12.1 Å². The van der Waals surface area contributed by atoms with Crippen LogP contribution in [-0.4, -0.2) is 98.7 Å². The van der Waals surface area contributed by atoms with E-state index < -0.39 is 30.2 Å². The van der Waals surface area contributed by atoms with E-state index in [9.17, 15) is 19.5 Å². The highest BCUT2D eigenvalue weighted by Crippen LogP contribution is 2.46. The molecule has 198 valence electrons. The predicted octanol–water partition coefficient (Wildman–Crippen LogP) is 1.59. The first kappa shape index (κ1) is 26.8. The molecule has 1 aliphatic carbocycles. The molecule has 1 aliphatic heterocycles. The summed E-state index contributed by atoms with van der Waals surface area (Å²) in [5.74, 6) is -1.05. The number of nitrogens with one attached hydrogen (secondary N) is 1. The van der Waals surface area contributed by atoms with Gasteiger partial charge in [-0.2, -0.15) is 0 Å². The molecule has 0 bridgehead atoms. The predicted molar refractivity (Wildman–Crippen MR) is 138 cm³/mol. The first-order chi connectivity index (χ1) is 17.9. The SMILES string of the molecule is CNC(=O)C(C(=O)CO)N(C)C(=O)c1ccc(-c2ccc(OCC3(CN4CCOCC4)CC3)cc2)cc1. The van der Waals surface area contributed by atoms with Gasteiger partial charge in [0.25, 0.3) is 5.91 Å². The van der Waals surface area contributed by atoms with E-state index in [-0.39, 0.29) is 5.41 Å². The fourth-order valence-corrected chi connectivity index (χ4v) is 4.63. The van der Waals surface area contributed by atoms with Crippen LogP contribution in [0.15, 0.2) is 48.5 Å². The molecule has 0 spiro atoms. The fourth-order valence-electron chi connectivity index (χ4n) is 4.63. The lowest BCUT2D eigenvalue weighted by atomic mass is 10.0. The molecule has 9 nitrogen and oxygen atoms in total. The lowest BCUT2D eigenvalue weighted by molar-refractivity contribution is -0.135. The number of Topliss-reactive ketones (excluding diaryl/α,β-unsaturated/α-hetero) is 1. The van der Waals surface area contributed by atoms with E-state index in [4.69, 9.17) is 9.47 Å². The van der Waals surface area contributed by atoms with Gasteiger partial charge in [0.05, 0.1) is 19.8 Å². The normalized spacial score (nSPS) is 17.5. The van der Waals surface area contributed by atoms with Gasteiger partial charge in [0.1, 0.15) is 12.4 Å². The fraction of sp³-hybridized carbons (Fsp3) is 0.464. The van der Waals surface area contributed by atoms with Crippen molar-refractivity contribution in [1.29, 1.82) is 0 Å². The number of benzene rings is 2. The Kier molecular flexibility index (Phi) is 8.58. The summed E-state index contributed by atoms with van der Waals surface area (Å²) in [6.07, 6.45) is 2.39. The molecular weight excluding hydrogens is 474 g/mol. The summed E-state index contributed by atoms with van der Waals surface area (Å²) in [6.45, 7) is 4.55. The summed E-state index contributed by atoms with van der Waals surface area (Å²) < 4.78 is 11.6. The average molecular weight is 510 g/mol. The van der Waals surface area contributed by atoms with Crippen LogP contribution in [0.4, 0.5) is 0 Å². The standard InChI is InChI=1S/C28H35N3O6/c1-29-26(34)25(24(33)17-32)30(2)27(35)22-5-3-20(4-6-22)21-7-9-23(10-8-21)37-19-28(11-12-28)18-31-13-15-36-16-14-31/h3-10,25,32H,11-19H2,1-2H3,(H,29,34). The smallest absolute Gasteiger partial charge is 0.254 e. The van der Waals surface area contributed by atoms with Crippen molar-refractivity contribution in [3.8, 4) is 16.9 Å². The summed E-state index contributed by atoms with van der Waals surface area (Å²) in [5, 5.41) is 11.6. The number of likely N-dealkylation sites (N-methyl/N-ethyl adjacent to an activating group) is 2. The number of nitrogens with zero attached hydrogens (tertiary/aromatic N) is 2. The number of amides is 2. The summed E-state index contributed by atoms with van der Waals surface area (Å²) in [6, 6.07) is 13.5. The van der Waals surface area contributed by atoms with Gasteiger partial charge in [-0.25, -0.2) is 0 Å². The molecule has 1 saturated carbocycles. The first-order valence-electron chi connectivity index (χ1n) is 12.6. The van der Waals surface area contributed by atoms with Crippen LogP contribution in [0.3, 0.4) is 0 Å². The molecule has 1 saturated heterocycles. The van der Waals surface area contributed by atoms with Crippen molar-refractivity contribution in [2.45, 2.75) is 18.9 Å². The van der Waals surface area contributed by atoms with E-state index in [1.807, 2.05) is 36.4 Å². The first-order valence-corrected chi connectivity index (χ1v) is 12.6. The molecule has 4 rings (SSSR count). The minimum atomic E-state index is -1.39. The topological polar surface area (TPSA) is 108 Å². The number of ketones is 1. The van der Waals surface area contributed by atoms with Gasteiger partial charge >= 0.3 is 0 Å². The summed E-state index contributed by atoms with van der Waals surface area (Å²) >= 11 is 0. The monoisotopic (exact) mass is 509 g/mol. The molecule has 2 fully saturated rings. The minimum absolute atomic E-state index is 0.254. The average Bonchev–Trinajstić information content (AvgIpc) is 3.71. The van der Waals surface area contributed by atoms with Crippen molar-refractivity contribution in [1.82, 2.24) is 15.1 Å². The molecule has 1 atom stereocenters. The molecule has 37 heavy (non-hydrogen) atoms. The number of rotatable bonds is 11. The molecule has 2 N–H and O–H groups in total. The maximum Gasteiger partial charge on any atom is 0.254 e. The number of carbonyl (C=O) groups is 3. The van der Waals surface area contributed by atoms with Crippen LogP contribution in [0.1, 0.15) is 23.2 Å². The number of carbonyl (C=O) groups excluding carboxylic acids is 3. The van der Waals surface area contributed by atoms with E-state index in [1.165, 1.54) is 26.9 Å². The second-order valence-corrected chi connectivity index (χ2v) is 9.84. The molecular formula is C28H35N3O6. The second kappa shape index (κ2) is 11.9. The molecule has 2 aromatic carbocycles. The Morgan fingerprint density at radius 2 is 1.65 bits per heavy atom. The third-order valence-electron chi connectivity index (χ3n) is 7.15. The number of aliphatic hydroxyl groups excluding tert-OH is 1.